The van der Waals surface area contributed by atoms with Crippen LogP contribution in [0.3, 0.4) is 0 Å². The van der Waals surface area contributed by atoms with Crippen molar-refractivity contribution >= 4 is 52.3 Å². The average molecular weight is 469 g/mol. The number of hydrogen-bond acceptors (Lipinski definition) is 4. The van der Waals surface area contributed by atoms with E-state index in [0.717, 1.165) is 11.3 Å². The van der Waals surface area contributed by atoms with Gasteiger partial charge in [-0.2, -0.15) is 0 Å². The van der Waals surface area contributed by atoms with Crippen molar-refractivity contribution in [3.63, 3.8) is 0 Å². The molecule has 0 saturated heterocycles. The zero-order valence-electron chi connectivity index (χ0n) is 17.4. The van der Waals surface area contributed by atoms with Gasteiger partial charge < -0.3 is 15.3 Å². The highest BCUT2D eigenvalue weighted by Gasteiger charge is 2.09. The first-order valence-corrected chi connectivity index (χ1v) is 10.6. The van der Waals surface area contributed by atoms with Crippen LogP contribution in [0, 0.1) is 0 Å². The van der Waals surface area contributed by atoms with Gasteiger partial charge in [0.1, 0.15) is 0 Å². The van der Waals surface area contributed by atoms with E-state index >= 15 is 0 Å². The van der Waals surface area contributed by atoms with Crippen LogP contribution in [0.1, 0.15) is 26.3 Å². The standard InChI is InChI=1S/C25H22Cl2N2O3/c1-29(12-13-30)23-9-2-17(3-10-23)4-11-24(31)18-5-7-22(8-6-18)28-25(32)19-14-20(26)16-21(27)15-19/h2-11,14-16,30H,12-13H2,1H3,(H,28,32)/b11-4+. The first-order valence-electron chi connectivity index (χ1n) is 9.87. The first-order chi connectivity index (χ1) is 15.4. The van der Waals surface area contributed by atoms with E-state index in [1.54, 1.807) is 36.4 Å². The van der Waals surface area contributed by atoms with E-state index in [4.69, 9.17) is 28.3 Å². The number of rotatable bonds is 8. The molecule has 3 aromatic rings. The molecule has 32 heavy (non-hydrogen) atoms. The van der Waals surface area contributed by atoms with Crippen molar-refractivity contribution in [3.05, 3.63) is 99.5 Å². The van der Waals surface area contributed by atoms with Gasteiger partial charge in [-0.1, -0.05) is 41.4 Å². The SMILES string of the molecule is CN(CCO)c1ccc(/C=C/C(=O)c2ccc(NC(=O)c3cc(Cl)cc(Cl)c3)cc2)cc1. The van der Waals surface area contributed by atoms with Gasteiger partial charge in [-0.25, -0.2) is 0 Å². The summed E-state index contributed by atoms with van der Waals surface area (Å²) in [5.41, 5.74) is 3.28. The summed E-state index contributed by atoms with van der Waals surface area (Å²) >= 11 is 11.9. The number of carbonyl (C=O) groups excluding carboxylic acids is 2. The summed E-state index contributed by atoms with van der Waals surface area (Å²) in [6, 6.07) is 18.9. The summed E-state index contributed by atoms with van der Waals surface area (Å²) in [5.74, 6) is -0.493. The van der Waals surface area contributed by atoms with Crippen LogP contribution in [-0.2, 0) is 0 Å². The van der Waals surface area contributed by atoms with Crippen LogP contribution in [0.5, 0.6) is 0 Å². The quantitative estimate of drug-likeness (QED) is 0.334. The third-order valence-electron chi connectivity index (χ3n) is 4.75. The van der Waals surface area contributed by atoms with Crippen LogP contribution in [-0.4, -0.2) is 37.0 Å². The fourth-order valence-corrected chi connectivity index (χ4v) is 3.52. The molecule has 0 radical (unpaired) electrons. The highest BCUT2D eigenvalue weighted by Crippen LogP contribution is 2.20. The van der Waals surface area contributed by atoms with Crippen molar-refractivity contribution in [2.24, 2.45) is 0 Å². The lowest BCUT2D eigenvalue weighted by atomic mass is 10.1. The smallest absolute Gasteiger partial charge is 0.255 e. The number of anilines is 2. The van der Waals surface area contributed by atoms with E-state index in [2.05, 4.69) is 5.32 Å². The maximum Gasteiger partial charge on any atom is 0.255 e. The Morgan fingerprint density at radius 3 is 2.16 bits per heavy atom. The van der Waals surface area contributed by atoms with E-state index < -0.39 is 0 Å². The third-order valence-corrected chi connectivity index (χ3v) is 5.18. The molecule has 0 aliphatic carbocycles. The number of likely N-dealkylation sites (N-methyl/N-ethyl adjacent to an activating group) is 1. The molecule has 0 aliphatic rings. The van der Waals surface area contributed by atoms with Gasteiger partial charge >= 0.3 is 0 Å². The number of nitrogens with one attached hydrogen (secondary N) is 1. The predicted molar refractivity (Wildman–Crippen MR) is 131 cm³/mol. The van der Waals surface area contributed by atoms with Crippen LogP contribution in [0.2, 0.25) is 10.0 Å². The van der Waals surface area contributed by atoms with Gasteiger partial charge in [0, 0.05) is 46.1 Å². The van der Waals surface area contributed by atoms with Gasteiger partial charge in [0.15, 0.2) is 5.78 Å². The highest BCUT2D eigenvalue weighted by molar-refractivity contribution is 6.35. The number of ketones is 1. The zero-order chi connectivity index (χ0) is 23.1. The van der Waals surface area contributed by atoms with Crippen molar-refractivity contribution in [3.8, 4) is 0 Å². The number of halogens is 2. The monoisotopic (exact) mass is 468 g/mol. The molecular weight excluding hydrogens is 447 g/mol. The zero-order valence-corrected chi connectivity index (χ0v) is 18.9. The Kier molecular flexibility index (Phi) is 8.06. The number of aliphatic hydroxyl groups is 1. The van der Waals surface area contributed by atoms with Gasteiger partial charge in [0.05, 0.1) is 6.61 Å². The molecule has 0 bridgehead atoms. The molecule has 3 aromatic carbocycles. The summed E-state index contributed by atoms with van der Waals surface area (Å²) in [5, 5.41) is 12.5. The van der Waals surface area contributed by atoms with Crippen LogP contribution < -0.4 is 10.2 Å². The second-order valence-corrected chi connectivity index (χ2v) is 8.00. The molecule has 0 aliphatic heterocycles. The van der Waals surface area contributed by atoms with E-state index in [9.17, 15) is 9.59 Å². The minimum atomic E-state index is -0.346. The second-order valence-electron chi connectivity index (χ2n) is 7.12. The molecule has 3 rings (SSSR count). The minimum Gasteiger partial charge on any atom is -0.395 e. The lowest BCUT2D eigenvalue weighted by molar-refractivity contribution is 0.102. The third kappa shape index (κ3) is 6.44. The fourth-order valence-electron chi connectivity index (χ4n) is 2.99. The molecule has 0 fully saturated rings. The molecule has 1 amide bonds. The Morgan fingerprint density at radius 1 is 0.938 bits per heavy atom. The number of aliphatic hydroxyl groups excluding tert-OH is 1. The summed E-state index contributed by atoms with van der Waals surface area (Å²) in [6.07, 6.45) is 3.25. The fraction of sp³-hybridized carbons (Fsp3) is 0.120. The van der Waals surface area contributed by atoms with Crippen molar-refractivity contribution in [2.45, 2.75) is 0 Å². The molecule has 0 heterocycles. The van der Waals surface area contributed by atoms with Crippen molar-refractivity contribution in [2.75, 3.05) is 30.4 Å². The maximum atomic E-state index is 12.5. The van der Waals surface area contributed by atoms with Crippen molar-refractivity contribution in [1.29, 1.82) is 0 Å². The number of carbonyl (C=O) groups is 2. The van der Waals surface area contributed by atoms with Crippen LogP contribution >= 0.6 is 23.2 Å². The molecule has 0 saturated carbocycles. The first kappa shape index (κ1) is 23.5. The van der Waals surface area contributed by atoms with Gasteiger partial charge in [-0.3, -0.25) is 9.59 Å². The molecule has 164 valence electrons. The Bertz CT molecular complexity index is 1110. The lowest BCUT2D eigenvalue weighted by Gasteiger charge is -2.17. The maximum absolute atomic E-state index is 12.5. The van der Waals surface area contributed by atoms with Gasteiger partial charge in [-0.15, -0.1) is 0 Å². The van der Waals surface area contributed by atoms with E-state index in [1.807, 2.05) is 36.2 Å². The van der Waals surface area contributed by atoms with Crippen LogP contribution in [0.25, 0.3) is 6.08 Å². The predicted octanol–water partition coefficient (Wildman–Crippen LogP) is 5.57. The van der Waals surface area contributed by atoms with Crippen LogP contribution in [0.15, 0.2) is 72.8 Å². The minimum absolute atomic E-state index is 0.0874. The Labute approximate surface area is 196 Å². The average Bonchev–Trinajstić information content (AvgIpc) is 2.78. The summed E-state index contributed by atoms with van der Waals surface area (Å²) < 4.78 is 0. The number of nitrogens with zero attached hydrogens (tertiary/aromatic N) is 1. The topological polar surface area (TPSA) is 69.6 Å². The van der Waals surface area contributed by atoms with Crippen molar-refractivity contribution < 1.29 is 14.7 Å². The molecule has 2 N–H and O–H groups in total. The molecule has 0 unspecified atom stereocenters. The normalized spacial score (nSPS) is 10.9. The molecule has 0 atom stereocenters. The van der Waals surface area contributed by atoms with E-state index in [1.165, 1.54) is 18.2 Å². The summed E-state index contributed by atoms with van der Waals surface area (Å²) in [6.45, 7) is 0.640. The lowest BCUT2D eigenvalue weighted by Crippen LogP contribution is -2.20. The number of hydrogen-bond donors (Lipinski definition) is 2. The Hall–Kier alpha value is -3.12. The second kappa shape index (κ2) is 11.0. The molecule has 7 heteroatoms. The number of allylic oxidation sites excluding steroid dienone is 1. The Morgan fingerprint density at radius 2 is 1.56 bits per heavy atom. The molecule has 5 nitrogen and oxygen atoms in total. The molecular formula is C25H22Cl2N2O3. The van der Waals surface area contributed by atoms with E-state index in [0.29, 0.717) is 33.4 Å². The van der Waals surface area contributed by atoms with Gasteiger partial charge in [0.2, 0.25) is 0 Å². The summed E-state index contributed by atoms with van der Waals surface area (Å²) in [4.78, 5) is 26.8. The van der Waals surface area contributed by atoms with Gasteiger partial charge in [0.25, 0.3) is 5.91 Å². The summed E-state index contributed by atoms with van der Waals surface area (Å²) in [7, 11) is 1.90. The van der Waals surface area contributed by atoms with Crippen LogP contribution in [0.4, 0.5) is 11.4 Å². The number of benzene rings is 3. The van der Waals surface area contributed by atoms with E-state index in [-0.39, 0.29) is 18.3 Å². The largest absolute Gasteiger partial charge is 0.395 e. The molecule has 0 spiro atoms. The van der Waals surface area contributed by atoms with Gasteiger partial charge in [-0.05, 0) is 66.2 Å². The number of amides is 1. The molecule has 0 aromatic heterocycles. The highest BCUT2D eigenvalue weighted by atomic mass is 35.5. The Balaban J connectivity index is 1.61. The van der Waals surface area contributed by atoms with Crippen molar-refractivity contribution in [1.82, 2.24) is 0 Å².